The molecular weight excluding hydrogens is 562 g/mol. The maximum absolute atomic E-state index is 14.0. The fourth-order valence-corrected chi connectivity index (χ4v) is 6.29. The third-order valence-electron chi connectivity index (χ3n) is 5.94. The Hall–Kier alpha value is -2.95. The highest BCUT2D eigenvalue weighted by Gasteiger charge is 2.35. The zero-order chi connectivity index (χ0) is 25.7. The highest BCUT2D eigenvalue weighted by molar-refractivity contribution is 9.10. The van der Waals surface area contributed by atoms with Crippen molar-refractivity contribution in [2.24, 2.45) is 4.99 Å². The van der Waals surface area contributed by atoms with Crippen LogP contribution in [0.2, 0.25) is 0 Å². The quantitative estimate of drug-likeness (QED) is 0.370. The predicted molar refractivity (Wildman–Crippen MR) is 145 cm³/mol. The van der Waals surface area contributed by atoms with Crippen LogP contribution < -0.4 is 20.2 Å². The number of nitrogens with zero attached hydrogens (tertiary/aromatic N) is 2. The van der Waals surface area contributed by atoms with Crippen LogP contribution in [0.4, 0.5) is 5.69 Å². The molecule has 2 aliphatic heterocycles. The van der Waals surface area contributed by atoms with Crippen molar-refractivity contribution in [1.29, 1.82) is 0 Å². The summed E-state index contributed by atoms with van der Waals surface area (Å²) in [5.41, 5.74) is 2.77. The lowest BCUT2D eigenvalue weighted by molar-refractivity contribution is -0.143. The number of allylic oxidation sites excluding steroid dienone is 1. The number of fused-ring (bicyclic) bond motifs is 2. The van der Waals surface area contributed by atoms with Gasteiger partial charge in [-0.3, -0.25) is 14.2 Å². The smallest absolute Gasteiger partial charge is 0.338 e. The van der Waals surface area contributed by atoms with Gasteiger partial charge in [-0.2, -0.15) is 0 Å². The van der Waals surface area contributed by atoms with E-state index in [0.717, 1.165) is 26.3 Å². The lowest BCUT2D eigenvalue weighted by Crippen LogP contribution is -2.40. The number of nitrogens with one attached hydrogen (secondary N) is 1. The van der Waals surface area contributed by atoms with E-state index in [0.29, 0.717) is 32.9 Å². The molecule has 0 spiro atoms. The third kappa shape index (κ3) is 4.16. The summed E-state index contributed by atoms with van der Waals surface area (Å²) in [6.07, 6.45) is 1.65. The summed E-state index contributed by atoms with van der Waals surface area (Å²) >= 11 is 6.21. The average Bonchev–Trinajstić information content (AvgIpc) is 3.32. The Morgan fingerprint density at radius 2 is 1.92 bits per heavy atom. The van der Waals surface area contributed by atoms with Gasteiger partial charge in [0.25, 0.3) is 11.5 Å². The molecule has 184 valence electrons. The van der Waals surface area contributed by atoms with Crippen LogP contribution in [0.3, 0.4) is 0 Å². The van der Waals surface area contributed by atoms with E-state index >= 15 is 0 Å². The number of amides is 1. The van der Waals surface area contributed by atoms with E-state index in [2.05, 4.69) is 26.2 Å². The number of benzene rings is 2. The van der Waals surface area contributed by atoms with Crippen LogP contribution in [0.1, 0.15) is 37.9 Å². The van der Waals surface area contributed by atoms with Crippen LogP contribution in [0, 0.1) is 0 Å². The number of hydrogen-bond donors (Lipinski definition) is 1. The molecule has 2 aliphatic rings. The van der Waals surface area contributed by atoms with Crippen molar-refractivity contribution in [3.63, 3.8) is 0 Å². The molecule has 10 heteroatoms. The topological polar surface area (TPSA) is 89.8 Å². The summed E-state index contributed by atoms with van der Waals surface area (Å²) in [5, 5.41) is 2.84. The molecule has 2 aromatic carbocycles. The highest BCUT2D eigenvalue weighted by Crippen LogP contribution is 2.34. The van der Waals surface area contributed by atoms with Crippen LogP contribution in [0.5, 0.6) is 0 Å². The number of anilines is 1. The molecule has 1 amide bonds. The Balaban J connectivity index is 1.80. The molecule has 0 aliphatic carbocycles. The van der Waals surface area contributed by atoms with Gasteiger partial charge in [-0.15, -0.1) is 11.8 Å². The van der Waals surface area contributed by atoms with E-state index < -0.39 is 12.0 Å². The van der Waals surface area contributed by atoms with Crippen molar-refractivity contribution in [2.75, 3.05) is 11.6 Å². The van der Waals surface area contributed by atoms with Gasteiger partial charge in [0, 0.05) is 20.6 Å². The minimum Gasteiger partial charge on any atom is -0.459 e. The van der Waals surface area contributed by atoms with Gasteiger partial charge in [-0.25, -0.2) is 9.79 Å². The molecule has 36 heavy (non-hydrogen) atoms. The first-order valence-corrected chi connectivity index (χ1v) is 14.0. The summed E-state index contributed by atoms with van der Waals surface area (Å²) in [6, 6.07) is 12.4. The molecule has 3 heterocycles. The second-order valence-electron chi connectivity index (χ2n) is 8.65. The molecule has 0 saturated heterocycles. The Labute approximate surface area is 223 Å². The van der Waals surface area contributed by atoms with E-state index in [1.54, 1.807) is 38.6 Å². The Kier molecular flexibility index (Phi) is 6.52. The molecule has 5 rings (SSSR count). The highest BCUT2D eigenvalue weighted by atomic mass is 79.9. The third-order valence-corrected chi connectivity index (χ3v) is 8.23. The molecule has 1 N–H and O–H groups in total. The Morgan fingerprint density at radius 1 is 1.19 bits per heavy atom. The number of carbonyl (C=O) groups excluding carboxylic acids is 2. The SMILES string of the molecule is CSc1ccc([C@@H]2C(C(=O)OC(C)C)=C(C)N=c3s/c(=C4/C(=O)Nc5ccc(Br)cc54)c(=O)n32)cc1. The van der Waals surface area contributed by atoms with Crippen molar-refractivity contribution in [2.45, 2.75) is 37.8 Å². The minimum absolute atomic E-state index is 0.278. The lowest BCUT2D eigenvalue weighted by Gasteiger charge is -2.25. The number of thiazole rings is 1. The zero-order valence-electron chi connectivity index (χ0n) is 19.9. The van der Waals surface area contributed by atoms with Gasteiger partial charge in [0.05, 0.1) is 29.0 Å². The van der Waals surface area contributed by atoms with Crippen LogP contribution in [-0.2, 0) is 14.3 Å². The van der Waals surface area contributed by atoms with Crippen molar-refractivity contribution < 1.29 is 14.3 Å². The van der Waals surface area contributed by atoms with Gasteiger partial charge in [0.1, 0.15) is 4.53 Å². The maximum atomic E-state index is 14.0. The average molecular weight is 585 g/mol. The Morgan fingerprint density at radius 3 is 2.58 bits per heavy atom. The summed E-state index contributed by atoms with van der Waals surface area (Å²) in [5.74, 6) is -0.861. The second kappa shape index (κ2) is 9.49. The number of carbonyl (C=O) groups is 2. The summed E-state index contributed by atoms with van der Waals surface area (Å²) in [7, 11) is 0. The van der Waals surface area contributed by atoms with Gasteiger partial charge in [0.2, 0.25) is 0 Å². The van der Waals surface area contributed by atoms with Crippen LogP contribution in [0.15, 0.2) is 72.9 Å². The van der Waals surface area contributed by atoms with E-state index in [-0.39, 0.29) is 22.1 Å². The number of halogens is 1. The summed E-state index contributed by atoms with van der Waals surface area (Å²) < 4.78 is 8.13. The van der Waals surface area contributed by atoms with Gasteiger partial charge >= 0.3 is 5.97 Å². The standard InChI is InChI=1S/C26H22BrN3O4S2/c1-12(2)34-25(33)19-13(3)28-26-30(21(19)14-5-8-16(35-4)9-6-14)24(32)22(36-26)20-17-11-15(27)7-10-18(17)29-23(20)31/h5-12,21H,1-4H3,(H,29,31)/b22-20+/t21-/m1/s1. The number of rotatable bonds is 4. The first kappa shape index (κ1) is 24.7. The molecular formula is C26H22BrN3O4S2. The number of esters is 1. The normalized spacial score (nSPS) is 18.1. The van der Waals surface area contributed by atoms with Crippen molar-refractivity contribution >= 4 is 62.2 Å². The molecule has 7 nitrogen and oxygen atoms in total. The summed E-state index contributed by atoms with van der Waals surface area (Å²) in [4.78, 5) is 46.3. The molecule has 1 atom stereocenters. The van der Waals surface area contributed by atoms with Crippen LogP contribution in [-0.4, -0.2) is 28.8 Å². The molecule has 1 aromatic heterocycles. The fourth-order valence-electron chi connectivity index (χ4n) is 4.38. The van der Waals surface area contributed by atoms with Gasteiger partial charge < -0.3 is 10.1 Å². The fraction of sp³-hybridized carbons (Fsp3) is 0.231. The van der Waals surface area contributed by atoms with E-state index in [4.69, 9.17) is 4.74 Å². The molecule has 0 saturated carbocycles. The van der Waals surface area contributed by atoms with Crippen LogP contribution >= 0.6 is 39.0 Å². The number of thioether (sulfide) groups is 1. The van der Waals surface area contributed by atoms with Gasteiger partial charge in [-0.1, -0.05) is 39.4 Å². The minimum atomic E-state index is -0.732. The first-order valence-electron chi connectivity index (χ1n) is 11.2. The molecule has 3 aromatic rings. The van der Waals surface area contributed by atoms with Crippen molar-refractivity contribution in [3.05, 3.63) is 89.0 Å². The van der Waals surface area contributed by atoms with E-state index in [1.807, 2.05) is 42.7 Å². The van der Waals surface area contributed by atoms with E-state index in [1.165, 1.54) is 4.57 Å². The van der Waals surface area contributed by atoms with E-state index in [9.17, 15) is 14.4 Å². The summed E-state index contributed by atoms with van der Waals surface area (Å²) in [6.45, 7) is 5.30. The molecule has 0 unspecified atom stereocenters. The zero-order valence-corrected chi connectivity index (χ0v) is 23.1. The van der Waals surface area contributed by atoms with Crippen LogP contribution in [0.25, 0.3) is 5.57 Å². The monoisotopic (exact) mass is 583 g/mol. The number of aromatic nitrogens is 1. The predicted octanol–water partition coefficient (Wildman–Crippen LogP) is 3.99. The molecule has 0 fully saturated rings. The Bertz CT molecular complexity index is 1630. The molecule has 0 bridgehead atoms. The van der Waals surface area contributed by atoms with Gasteiger partial charge in [0.15, 0.2) is 4.80 Å². The lowest BCUT2D eigenvalue weighted by atomic mass is 9.96. The molecule has 0 radical (unpaired) electrons. The first-order chi connectivity index (χ1) is 17.2. The number of hydrogen-bond acceptors (Lipinski definition) is 7. The van der Waals surface area contributed by atoms with Crippen molar-refractivity contribution in [1.82, 2.24) is 4.57 Å². The van der Waals surface area contributed by atoms with Gasteiger partial charge in [-0.05, 0) is 62.9 Å². The second-order valence-corrected chi connectivity index (χ2v) is 11.4. The largest absolute Gasteiger partial charge is 0.459 e. The van der Waals surface area contributed by atoms with Crippen molar-refractivity contribution in [3.8, 4) is 0 Å². The number of ether oxygens (including phenoxy) is 1. The maximum Gasteiger partial charge on any atom is 0.338 e.